The Bertz CT molecular complexity index is 168. The molecule has 0 aliphatic heterocycles. The highest BCUT2D eigenvalue weighted by molar-refractivity contribution is 5.79. The molecule has 0 saturated heterocycles. The van der Waals surface area contributed by atoms with Crippen LogP contribution in [0.4, 0.5) is 0 Å². The van der Waals surface area contributed by atoms with Crippen LogP contribution in [-0.2, 0) is 4.79 Å². The predicted molar refractivity (Wildman–Crippen MR) is 58.0 cm³/mol. The van der Waals surface area contributed by atoms with Crippen LogP contribution in [-0.4, -0.2) is 23.2 Å². The molecule has 0 aromatic rings. The van der Waals surface area contributed by atoms with Gasteiger partial charge < -0.3 is 10.4 Å². The molecule has 3 nitrogen and oxygen atoms in total. The maximum Gasteiger partial charge on any atom is 0.223 e. The van der Waals surface area contributed by atoms with Crippen molar-refractivity contribution in [3.05, 3.63) is 0 Å². The lowest BCUT2D eigenvalue weighted by Gasteiger charge is -2.31. The first-order valence-electron chi connectivity index (χ1n) is 5.48. The number of carbonyl (C=O) groups excluding carboxylic acids is 1. The molecule has 0 aromatic carbocycles. The van der Waals surface area contributed by atoms with Crippen LogP contribution in [0, 0.1) is 5.92 Å². The van der Waals surface area contributed by atoms with Crippen molar-refractivity contribution in [3.63, 3.8) is 0 Å². The van der Waals surface area contributed by atoms with E-state index in [9.17, 15) is 9.90 Å². The zero-order valence-corrected chi connectivity index (χ0v) is 9.76. The molecule has 0 rings (SSSR count). The van der Waals surface area contributed by atoms with Crippen molar-refractivity contribution < 1.29 is 9.90 Å². The maximum absolute atomic E-state index is 11.6. The number of aliphatic hydroxyl groups excluding tert-OH is 1. The van der Waals surface area contributed by atoms with E-state index >= 15 is 0 Å². The highest BCUT2D eigenvalue weighted by atomic mass is 16.3. The van der Waals surface area contributed by atoms with E-state index in [2.05, 4.69) is 5.32 Å². The van der Waals surface area contributed by atoms with Crippen LogP contribution >= 0.6 is 0 Å². The predicted octanol–water partition coefficient (Wildman–Crippen LogP) is 1.70. The van der Waals surface area contributed by atoms with E-state index in [1.807, 2.05) is 27.7 Å². The first kappa shape index (κ1) is 13.4. The average Bonchev–Trinajstić information content (AvgIpc) is 2.24. The van der Waals surface area contributed by atoms with Crippen LogP contribution in [0.2, 0.25) is 0 Å². The van der Waals surface area contributed by atoms with Gasteiger partial charge in [0.15, 0.2) is 0 Å². The highest BCUT2D eigenvalue weighted by Gasteiger charge is 2.28. The molecule has 84 valence electrons. The second kappa shape index (κ2) is 6.02. The van der Waals surface area contributed by atoms with Gasteiger partial charge in [-0.1, -0.05) is 27.7 Å². The standard InChI is InChI=1S/C11H23NO2/c1-5-9(4)10(14)12-11(6-2,7-3)8-13/h9,13H,5-8H2,1-4H3,(H,12,14). The topological polar surface area (TPSA) is 49.3 Å². The Morgan fingerprint density at radius 2 is 1.86 bits per heavy atom. The summed E-state index contributed by atoms with van der Waals surface area (Å²) in [6, 6.07) is 0. The van der Waals surface area contributed by atoms with Crippen LogP contribution in [0.5, 0.6) is 0 Å². The van der Waals surface area contributed by atoms with Gasteiger partial charge in [-0.3, -0.25) is 4.79 Å². The molecule has 0 aliphatic rings. The zero-order valence-electron chi connectivity index (χ0n) is 9.76. The summed E-state index contributed by atoms with van der Waals surface area (Å²) in [4.78, 5) is 11.6. The van der Waals surface area contributed by atoms with E-state index in [4.69, 9.17) is 0 Å². The van der Waals surface area contributed by atoms with E-state index in [-0.39, 0.29) is 18.4 Å². The number of carbonyl (C=O) groups is 1. The molecular weight excluding hydrogens is 178 g/mol. The largest absolute Gasteiger partial charge is 0.394 e. The summed E-state index contributed by atoms with van der Waals surface area (Å²) >= 11 is 0. The molecule has 0 radical (unpaired) electrons. The Balaban J connectivity index is 4.37. The van der Waals surface area contributed by atoms with Gasteiger partial charge >= 0.3 is 0 Å². The van der Waals surface area contributed by atoms with Crippen LogP contribution in [0.15, 0.2) is 0 Å². The van der Waals surface area contributed by atoms with Crippen LogP contribution in [0.1, 0.15) is 47.0 Å². The first-order chi connectivity index (χ1) is 6.55. The van der Waals surface area contributed by atoms with E-state index in [0.717, 1.165) is 19.3 Å². The van der Waals surface area contributed by atoms with E-state index in [1.54, 1.807) is 0 Å². The van der Waals surface area contributed by atoms with Crippen molar-refractivity contribution >= 4 is 5.91 Å². The van der Waals surface area contributed by atoms with Crippen molar-refractivity contribution in [3.8, 4) is 0 Å². The molecule has 1 amide bonds. The van der Waals surface area contributed by atoms with Gasteiger partial charge in [0.2, 0.25) is 5.91 Å². The lowest BCUT2D eigenvalue weighted by atomic mass is 9.92. The molecule has 0 bridgehead atoms. The molecule has 1 unspecified atom stereocenters. The Labute approximate surface area is 86.9 Å². The Morgan fingerprint density at radius 1 is 1.36 bits per heavy atom. The fraction of sp³-hybridized carbons (Fsp3) is 0.909. The van der Waals surface area contributed by atoms with Gasteiger partial charge in [-0.15, -0.1) is 0 Å². The van der Waals surface area contributed by atoms with Gasteiger partial charge in [-0.05, 0) is 19.3 Å². The number of hydrogen-bond donors (Lipinski definition) is 2. The first-order valence-corrected chi connectivity index (χ1v) is 5.48. The second-order valence-electron chi connectivity index (χ2n) is 3.94. The Hall–Kier alpha value is -0.570. The zero-order chi connectivity index (χ0) is 11.2. The van der Waals surface area contributed by atoms with E-state index in [1.165, 1.54) is 0 Å². The van der Waals surface area contributed by atoms with Crippen LogP contribution in [0.25, 0.3) is 0 Å². The minimum Gasteiger partial charge on any atom is -0.394 e. The fourth-order valence-corrected chi connectivity index (χ4v) is 1.26. The quantitative estimate of drug-likeness (QED) is 0.687. The normalized spacial score (nSPS) is 13.8. The summed E-state index contributed by atoms with van der Waals surface area (Å²) in [5.74, 6) is 0.0734. The Kier molecular flexibility index (Phi) is 5.77. The molecule has 0 aliphatic carbocycles. The summed E-state index contributed by atoms with van der Waals surface area (Å²) in [7, 11) is 0. The third-order valence-corrected chi connectivity index (χ3v) is 3.10. The van der Waals surface area contributed by atoms with E-state index < -0.39 is 5.54 Å². The maximum atomic E-state index is 11.6. The third kappa shape index (κ3) is 3.29. The van der Waals surface area contributed by atoms with Gasteiger partial charge in [0.05, 0.1) is 12.1 Å². The van der Waals surface area contributed by atoms with Gasteiger partial charge in [0.1, 0.15) is 0 Å². The molecule has 3 heteroatoms. The molecule has 1 atom stereocenters. The van der Waals surface area contributed by atoms with Crippen molar-refractivity contribution in [2.45, 2.75) is 52.5 Å². The lowest BCUT2D eigenvalue weighted by Crippen LogP contribution is -2.52. The van der Waals surface area contributed by atoms with Gasteiger partial charge in [0, 0.05) is 5.92 Å². The van der Waals surface area contributed by atoms with Gasteiger partial charge in [-0.25, -0.2) is 0 Å². The lowest BCUT2D eigenvalue weighted by molar-refractivity contribution is -0.127. The van der Waals surface area contributed by atoms with E-state index in [0.29, 0.717) is 0 Å². The van der Waals surface area contributed by atoms with Gasteiger partial charge in [0.25, 0.3) is 0 Å². The number of nitrogens with one attached hydrogen (secondary N) is 1. The molecule has 0 heterocycles. The summed E-state index contributed by atoms with van der Waals surface area (Å²) in [5.41, 5.74) is -0.416. The number of rotatable bonds is 6. The van der Waals surface area contributed by atoms with Crippen molar-refractivity contribution in [2.24, 2.45) is 5.92 Å². The SMILES string of the molecule is CCC(C)C(=O)NC(CC)(CC)CO. The smallest absolute Gasteiger partial charge is 0.223 e. The summed E-state index contributed by atoms with van der Waals surface area (Å²) in [6.45, 7) is 7.88. The molecule has 0 saturated carbocycles. The molecule has 14 heavy (non-hydrogen) atoms. The average molecular weight is 201 g/mol. The third-order valence-electron chi connectivity index (χ3n) is 3.10. The minimum atomic E-state index is -0.416. The van der Waals surface area contributed by atoms with Crippen molar-refractivity contribution in [1.82, 2.24) is 5.32 Å². The molecule has 0 aromatic heterocycles. The van der Waals surface area contributed by atoms with Crippen molar-refractivity contribution in [2.75, 3.05) is 6.61 Å². The molecule has 0 spiro atoms. The Morgan fingerprint density at radius 3 is 2.14 bits per heavy atom. The minimum absolute atomic E-state index is 0.0160. The highest BCUT2D eigenvalue weighted by Crippen LogP contribution is 2.15. The number of amides is 1. The number of hydrogen-bond acceptors (Lipinski definition) is 2. The van der Waals surface area contributed by atoms with Crippen molar-refractivity contribution in [1.29, 1.82) is 0 Å². The van der Waals surface area contributed by atoms with Gasteiger partial charge in [-0.2, -0.15) is 0 Å². The summed E-state index contributed by atoms with van der Waals surface area (Å²) in [6.07, 6.45) is 2.37. The second-order valence-corrected chi connectivity index (χ2v) is 3.94. The molecular formula is C11H23NO2. The monoisotopic (exact) mass is 201 g/mol. The molecule has 0 fully saturated rings. The number of aliphatic hydroxyl groups is 1. The summed E-state index contributed by atoms with van der Waals surface area (Å²) < 4.78 is 0. The van der Waals surface area contributed by atoms with Crippen LogP contribution in [0.3, 0.4) is 0 Å². The summed E-state index contributed by atoms with van der Waals surface area (Å²) in [5, 5.41) is 12.2. The molecule has 2 N–H and O–H groups in total. The van der Waals surface area contributed by atoms with Crippen LogP contribution < -0.4 is 5.32 Å². The fourth-order valence-electron chi connectivity index (χ4n) is 1.26.